The zero-order valence-electron chi connectivity index (χ0n) is 8.03. The first-order valence-corrected chi connectivity index (χ1v) is 4.86. The molecule has 2 heterocycles. The number of hydrogen-bond acceptors (Lipinski definition) is 2. The highest BCUT2D eigenvalue weighted by Crippen LogP contribution is 2.51. The molecule has 2 nitrogen and oxygen atoms in total. The van der Waals surface area contributed by atoms with Crippen molar-refractivity contribution in [1.29, 1.82) is 0 Å². The second-order valence-electron chi connectivity index (χ2n) is 3.96. The minimum atomic E-state index is -1.29. The molecule has 1 aromatic carbocycles. The first kappa shape index (κ1) is 8.24. The number of halogens is 1. The van der Waals surface area contributed by atoms with Crippen molar-refractivity contribution in [3.8, 4) is 0 Å². The highest BCUT2D eigenvalue weighted by Gasteiger charge is 2.54. The van der Waals surface area contributed by atoms with Gasteiger partial charge in [0, 0.05) is 24.7 Å². The maximum atomic E-state index is 14.6. The predicted molar refractivity (Wildman–Crippen MR) is 52.0 cm³/mol. The van der Waals surface area contributed by atoms with Crippen LogP contribution < -0.4 is 4.90 Å². The van der Waals surface area contributed by atoms with E-state index in [1.807, 2.05) is 36.2 Å². The lowest BCUT2D eigenvalue weighted by molar-refractivity contribution is 0.0341. The largest absolute Gasteiger partial charge is 0.354 e. The standard InChI is InChI=1S/C11H12FNO/c1-13-9-5-3-2-4-8(9)11(12)6-7-14-10(11)13/h2-5,10H,6-7H2,1H3. The molecule has 1 saturated heterocycles. The molecule has 0 spiro atoms. The molecule has 0 amide bonds. The number of nitrogens with zero attached hydrogens (tertiary/aromatic N) is 1. The van der Waals surface area contributed by atoms with E-state index in [1.54, 1.807) is 0 Å². The third kappa shape index (κ3) is 0.786. The van der Waals surface area contributed by atoms with Crippen molar-refractivity contribution in [3.63, 3.8) is 0 Å². The molecule has 0 bridgehead atoms. The van der Waals surface area contributed by atoms with Crippen LogP contribution in [0.25, 0.3) is 0 Å². The summed E-state index contributed by atoms with van der Waals surface area (Å²) in [7, 11) is 1.89. The Morgan fingerprint density at radius 2 is 2.29 bits per heavy atom. The van der Waals surface area contributed by atoms with Gasteiger partial charge in [0.1, 0.15) is 0 Å². The highest BCUT2D eigenvalue weighted by atomic mass is 19.1. The van der Waals surface area contributed by atoms with Gasteiger partial charge in [0.2, 0.25) is 0 Å². The van der Waals surface area contributed by atoms with Crippen LogP contribution in [0.1, 0.15) is 12.0 Å². The number of likely N-dealkylation sites (N-methyl/N-ethyl adjacent to an activating group) is 1. The van der Waals surface area contributed by atoms with Crippen molar-refractivity contribution in [2.24, 2.45) is 0 Å². The van der Waals surface area contributed by atoms with Crippen molar-refractivity contribution in [1.82, 2.24) is 0 Å². The van der Waals surface area contributed by atoms with Crippen molar-refractivity contribution >= 4 is 5.69 Å². The first-order chi connectivity index (χ1) is 6.73. The monoisotopic (exact) mass is 193 g/mol. The van der Waals surface area contributed by atoms with Gasteiger partial charge in [0.15, 0.2) is 11.9 Å². The Morgan fingerprint density at radius 1 is 1.50 bits per heavy atom. The Labute approximate surface area is 82.3 Å². The van der Waals surface area contributed by atoms with Crippen molar-refractivity contribution in [2.75, 3.05) is 18.6 Å². The van der Waals surface area contributed by atoms with Crippen LogP contribution in [0.2, 0.25) is 0 Å². The molecule has 2 atom stereocenters. The zero-order chi connectivity index (χ0) is 9.76. The summed E-state index contributed by atoms with van der Waals surface area (Å²) in [6.45, 7) is 0.514. The van der Waals surface area contributed by atoms with Crippen molar-refractivity contribution < 1.29 is 9.13 Å². The van der Waals surface area contributed by atoms with Crippen LogP contribution in [0, 0.1) is 0 Å². The molecule has 74 valence electrons. The average molecular weight is 193 g/mol. The molecule has 0 aliphatic carbocycles. The molecule has 0 aromatic heterocycles. The van der Waals surface area contributed by atoms with Gasteiger partial charge in [-0.05, 0) is 6.07 Å². The van der Waals surface area contributed by atoms with Crippen LogP contribution >= 0.6 is 0 Å². The summed E-state index contributed by atoms with van der Waals surface area (Å²) in [5, 5.41) is 0. The Morgan fingerprint density at radius 3 is 3.14 bits per heavy atom. The number of ether oxygens (including phenoxy) is 1. The van der Waals surface area contributed by atoms with Crippen molar-refractivity contribution in [3.05, 3.63) is 29.8 Å². The summed E-state index contributed by atoms with van der Waals surface area (Å²) >= 11 is 0. The topological polar surface area (TPSA) is 12.5 Å². The van der Waals surface area contributed by atoms with Gasteiger partial charge in [0.05, 0.1) is 6.61 Å². The Kier molecular flexibility index (Phi) is 1.46. The van der Waals surface area contributed by atoms with Crippen LogP contribution in [0.5, 0.6) is 0 Å². The van der Waals surface area contributed by atoms with Crippen LogP contribution in [-0.2, 0) is 10.4 Å². The molecule has 0 N–H and O–H groups in total. The molecule has 14 heavy (non-hydrogen) atoms. The second kappa shape index (κ2) is 2.48. The molecule has 2 aliphatic rings. The average Bonchev–Trinajstić information content (AvgIpc) is 2.67. The van der Waals surface area contributed by atoms with E-state index in [2.05, 4.69) is 0 Å². The predicted octanol–water partition coefficient (Wildman–Crippen LogP) is 2.05. The van der Waals surface area contributed by atoms with Gasteiger partial charge in [-0.1, -0.05) is 18.2 Å². The highest BCUT2D eigenvalue weighted by molar-refractivity contribution is 5.62. The summed E-state index contributed by atoms with van der Waals surface area (Å²) < 4.78 is 20.0. The molecule has 1 fully saturated rings. The van der Waals surface area contributed by atoms with Gasteiger partial charge >= 0.3 is 0 Å². The molecule has 3 rings (SSSR count). The lowest BCUT2D eigenvalue weighted by Crippen LogP contribution is -2.36. The molecule has 1 aromatic rings. The minimum Gasteiger partial charge on any atom is -0.354 e. The smallest absolute Gasteiger partial charge is 0.184 e. The Bertz CT molecular complexity index is 381. The number of fused-ring (bicyclic) bond motifs is 3. The molecule has 3 heteroatoms. The summed E-state index contributed by atoms with van der Waals surface area (Å²) in [6.07, 6.45) is 0.0545. The summed E-state index contributed by atoms with van der Waals surface area (Å²) in [4.78, 5) is 1.89. The number of rotatable bonds is 0. The van der Waals surface area contributed by atoms with Gasteiger partial charge in [-0.3, -0.25) is 0 Å². The Balaban J connectivity index is 2.21. The number of benzene rings is 1. The molecule has 0 saturated carbocycles. The second-order valence-corrected chi connectivity index (χ2v) is 3.96. The van der Waals surface area contributed by atoms with Gasteiger partial charge in [-0.15, -0.1) is 0 Å². The lowest BCUT2D eigenvalue weighted by Gasteiger charge is -2.23. The van der Waals surface area contributed by atoms with E-state index < -0.39 is 11.9 Å². The van der Waals surface area contributed by atoms with Crippen LogP contribution in [0.3, 0.4) is 0 Å². The van der Waals surface area contributed by atoms with Gasteiger partial charge in [-0.25, -0.2) is 4.39 Å². The fourth-order valence-electron chi connectivity index (χ4n) is 2.52. The maximum Gasteiger partial charge on any atom is 0.184 e. The van der Waals surface area contributed by atoms with E-state index in [-0.39, 0.29) is 0 Å². The maximum absolute atomic E-state index is 14.6. The van der Waals surface area contributed by atoms with E-state index in [0.29, 0.717) is 13.0 Å². The lowest BCUT2D eigenvalue weighted by atomic mass is 9.95. The van der Waals surface area contributed by atoms with Crippen molar-refractivity contribution in [2.45, 2.75) is 18.3 Å². The summed E-state index contributed by atoms with van der Waals surface area (Å²) in [5.74, 6) is 0. The van der Waals surface area contributed by atoms with E-state index >= 15 is 0 Å². The van der Waals surface area contributed by atoms with Gasteiger partial charge in [-0.2, -0.15) is 0 Å². The normalized spacial score (nSPS) is 34.4. The fraction of sp³-hybridized carbons (Fsp3) is 0.455. The minimum absolute atomic E-state index is 0.417. The zero-order valence-corrected chi connectivity index (χ0v) is 8.03. The summed E-state index contributed by atoms with van der Waals surface area (Å²) in [6, 6.07) is 7.62. The molecule has 0 radical (unpaired) electrons. The molecule has 2 unspecified atom stereocenters. The number of anilines is 1. The van der Waals surface area contributed by atoms with E-state index in [0.717, 1.165) is 11.3 Å². The third-order valence-electron chi connectivity index (χ3n) is 3.22. The van der Waals surface area contributed by atoms with Crippen LogP contribution in [0.15, 0.2) is 24.3 Å². The van der Waals surface area contributed by atoms with Crippen LogP contribution in [-0.4, -0.2) is 19.9 Å². The molecular weight excluding hydrogens is 181 g/mol. The third-order valence-corrected chi connectivity index (χ3v) is 3.22. The van der Waals surface area contributed by atoms with E-state index in [1.165, 1.54) is 0 Å². The number of para-hydroxylation sites is 1. The summed E-state index contributed by atoms with van der Waals surface area (Å²) in [5.41, 5.74) is 0.454. The quantitative estimate of drug-likeness (QED) is 0.625. The van der Waals surface area contributed by atoms with E-state index in [4.69, 9.17) is 4.74 Å². The van der Waals surface area contributed by atoms with Crippen LogP contribution in [0.4, 0.5) is 10.1 Å². The van der Waals surface area contributed by atoms with Gasteiger partial charge < -0.3 is 9.64 Å². The fourth-order valence-corrected chi connectivity index (χ4v) is 2.52. The molecule has 2 aliphatic heterocycles. The van der Waals surface area contributed by atoms with E-state index in [9.17, 15) is 4.39 Å². The van der Waals surface area contributed by atoms with Gasteiger partial charge in [0.25, 0.3) is 0 Å². The number of hydrogen-bond donors (Lipinski definition) is 0. The Hall–Kier alpha value is -1.09. The first-order valence-electron chi connectivity index (χ1n) is 4.86. The molecular formula is C11H12FNO. The SMILES string of the molecule is CN1c2ccccc2C2(F)CCOC12. The number of alkyl halides is 1.